The van der Waals surface area contributed by atoms with Gasteiger partial charge in [0.25, 0.3) is 0 Å². The van der Waals surface area contributed by atoms with Crippen molar-refractivity contribution in [2.45, 2.75) is 19.4 Å². The van der Waals surface area contributed by atoms with Crippen LogP contribution in [-0.4, -0.2) is 88.7 Å². The van der Waals surface area contributed by atoms with Crippen molar-refractivity contribution < 1.29 is 14.4 Å². The van der Waals surface area contributed by atoms with Gasteiger partial charge in [-0.15, -0.1) is 11.3 Å². The summed E-state index contributed by atoms with van der Waals surface area (Å²) in [6.07, 6.45) is 0.885. The zero-order chi connectivity index (χ0) is 17.8. The lowest BCUT2D eigenvalue weighted by atomic mass is 10.2. The van der Waals surface area contributed by atoms with Crippen LogP contribution in [0.2, 0.25) is 0 Å². The molecule has 2 aliphatic rings. The largest absolute Gasteiger partial charge is 0.340 e. The Balaban J connectivity index is 1.37. The number of imide groups is 1. The fourth-order valence-electron chi connectivity index (χ4n) is 3.14. The van der Waals surface area contributed by atoms with Gasteiger partial charge in [-0.25, -0.2) is 9.78 Å². The van der Waals surface area contributed by atoms with Crippen LogP contribution in [0.3, 0.4) is 0 Å². The van der Waals surface area contributed by atoms with Gasteiger partial charge in [-0.3, -0.25) is 19.4 Å². The van der Waals surface area contributed by atoms with Crippen LogP contribution in [0.25, 0.3) is 0 Å². The number of hydrogen-bond donors (Lipinski definition) is 0. The predicted molar refractivity (Wildman–Crippen MR) is 92.9 cm³/mol. The summed E-state index contributed by atoms with van der Waals surface area (Å²) >= 11 is 1.60. The highest BCUT2D eigenvalue weighted by Gasteiger charge is 2.33. The van der Waals surface area contributed by atoms with Gasteiger partial charge in [0, 0.05) is 58.1 Å². The highest BCUT2D eigenvalue weighted by atomic mass is 32.1. The van der Waals surface area contributed by atoms with E-state index in [1.54, 1.807) is 18.4 Å². The number of carbonyl (C=O) groups is 3. The topological polar surface area (TPSA) is 77.1 Å². The van der Waals surface area contributed by atoms with Crippen molar-refractivity contribution in [3.8, 4) is 0 Å². The maximum atomic E-state index is 12.3. The second-order valence-electron chi connectivity index (χ2n) is 6.42. The number of likely N-dealkylation sites (N-methyl/N-ethyl adjacent to an activating group) is 1. The zero-order valence-corrected chi connectivity index (χ0v) is 15.2. The molecule has 0 aliphatic carbocycles. The number of amides is 4. The first-order valence-corrected chi connectivity index (χ1v) is 9.41. The van der Waals surface area contributed by atoms with Crippen molar-refractivity contribution in [1.29, 1.82) is 0 Å². The van der Waals surface area contributed by atoms with Gasteiger partial charge < -0.3 is 9.80 Å². The van der Waals surface area contributed by atoms with Crippen molar-refractivity contribution in [2.24, 2.45) is 0 Å². The van der Waals surface area contributed by atoms with E-state index >= 15 is 0 Å². The molecule has 3 rings (SSSR count). The third-order valence-electron chi connectivity index (χ3n) is 4.60. The molecule has 0 radical (unpaired) electrons. The average Bonchev–Trinajstić information content (AvgIpc) is 3.19. The molecule has 2 aliphatic heterocycles. The predicted octanol–water partition coefficient (Wildman–Crippen LogP) is 0.462. The number of urea groups is 1. The Kier molecular flexibility index (Phi) is 5.64. The Morgan fingerprint density at radius 3 is 2.60 bits per heavy atom. The van der Waals surface area contributed by atoms with Crippen LogP contribution in [0.15, 0.2) is 10.9 Å². The summed E-state index contributed by atoms with van der Waals surface area (Å²) in [6.45, 7) is 4.40. The molecular formula is C16H23N5O3S. The molecule has 1 aromatic heterocycles. The summed E-state index contributed by atoms with van der Waals surface area (Å²) in [6, 6.07) is -0.270. The summed E-state index contributed by atoms with van der Waals surface area (Å²) in [7, 11) is 1.61. The van der Waals surface area contributed by atoms with Gasteiger partial charge in [0.2, 0.25) is 11.8 Å². The minimum Gasteiger partial charge on any atom is -0.340 e. The number of rotatable bonds is 6. The first-order chi connectivity index (χ1) is 12.0. The number of thiazole rings is 1. The molecule has 0 bridgehead atoms. The van der Waals surface area contributed by atoms with Crippen molar-refractivity contribution >= 4 is 29.2 Å². The van der Waals surface area contributed by atoms with E-state index in [4.69, 9.17) is 0 Å². The number of aromatic nitrogens is 1. The van der Waals surface area contributed by atoms with Crippen LogP contribution >= 0.6 is 11.3 Å². The van der Waals surface area contributed by atoms with E-state index < -0.39 is 0 Å². The lowest BCUT2D eigenvalue weighted by Gasteiger charge is -2.34. The highest BCUT2D eigenvalue weighted by molar-refractivity contribution is 7.07. The molecule has 2 fully saturated rings. The third kappa shape index (κ3) is 4.35. The molecule has 136 valence electrons. The van der Waals surface area contributed by atoms with E-state index in [9.17, 15) is 14.4 Å². The first kappa shape index (κ1) is 17.8. The summed E-state index contributed by atoms with van der Waals surface area (Å²) in [5.74, 6) is -0.0867. The molecule has 8 nitrogen and oxygen atoms in total. The van der Waals surface area contributed by atoms with Gasteiger partial charge >= 0.3 is 6.03 Å². The maximum Gasteiger partial charge on any atom is 0.326 e. The molecule has 0 atom stereocenters. The molecule has 0 saturated carbocycles. The van der Waals surface area contributed by atoms with Gasteiger partial charge in [-0.05, 0) is 6.42 Å². The molecule has 25 heavy (non-hydrogen) atoms. The van der Waals surface area contributed by atoms with E-state index in [2.05, 4.69) is 15.3 Å². The molecule has 0 aromatic carbocycles. The Morgan fingerprint density at radius 1 is 1.24 bits per heavy atom. The lowest BCUT2D eigenvalue weighted by Crippen LogP contribution is -2.48. The van der Waals surface area contributed by atoms with E-state index in [1.807, 2.05) is 10.4 Å². The van der Waals surface area contributed by atoms with E-state index in [0.29, 0.717) is 32.5 Å². The quantitative estimate of drug-likeness (QED) is 0.685. The van der Waals surface area contributed by atoms with Gasteiger partial charge in [0.15, 0.2) is 0 Å². The summed E-state index contributed by atoms with van der Waals surface area (Å²) in [4.78, 5) is 46.9. The molecule has 9 heteroatoms. The third-order valence-corrected chi connectivity index (χ3v) is 5.23. The van der Waals surface area contributed by atoms with E-state index in [1.165, 1.54) is 9.80 Å². The fourth-order valence-corrected chi connectivity index (χ4v) is 3.69. The van der Waals surface area contributed by atoms with Crippen molar-refractivity contribution in [3.63, 3.8) is 0 Å². The Morgan fingerprint density at radius 2 is 2.00 bits per heavy atom. The number of hydrogen-bond acceptors (Lipinski definition) is 6. The van der Waals surface area contributed by atoms with Crippen molar-refractivity contribution in [3.05, 3.63) is 16.6 Å². The summed E-state index contributed by atoms with van der Waals surface area (Å²) in [5, 5.41) is 2.05. The molecule has 1 aromatic rings. The Hall–Kier alpha value is -2.00. The lowest BCUT2D eigenvalue weighted by molar-refractivity contribution is -0.133. The molecule has 4 amide bonds. The van der Waals surface area contributed by atoms with Crippen LogP contribution in [-0.2, 0) is 16.1 Å². The summed E-state index contributed by atoms with van der Waals surface area (Å²) in [5.41, 5.74) is 2.91. The number of carbonyl (C=O) groups excluding carboxylic acids is 3. The van der Waals surface area contributed by atoms with Gasteiger partial charge in [0.1, 0.15) is 6.54 Å². The number of nitrogens with zero attached hydrogens (tertiary/aromatic N) is 5. The fraction of sp³-hybridized carbons (Fsp3) is 0.625. The zero-order valence-electron chi connectivity index (χ0n) is 14.4. The van der Waals surface area contributed by atoms with Crippen molar-refractivity contribution in [1.82, 2.24) is 24.6 Å². The van der Waals surface area contributed by atoms with Gasteiger partial charge in [0.05, 0.1) is 11.2 Å². The van der Waals surface area contributed by atoms with Crippen LogP contribution in [0.4, 0.5) is 4.79 Å². The second-order valence-corrected chi connectivity index (χ2v) is 7.14. The molecule has 0 N–H and O–H groups in total. The van der Waals surface area contributed by atoms with Crippen LogP contribution < -0.4 is 0 Å². The molecular weight excluding hydrogens is 342 g/mol. The number of piperazine rings is 1. The Bertz CT molecular complexity index is 628. The SMILES string of the molecule is CN1CC(=O)N(CCCC(=O)N2CCN(Cc3cscn3)CC2)C1=O. The molecule has 0 unspecified atom stereocenters. The molecule has 3 heterocycles. The van der Waals surface area contributed by atoms with E-state index in [-0.39, 0.29) is 24.4 Å². The maximum absolute atomic E-state index is 12.3. The second kappa shape index (κ2) is 7.92. The Labute approximate surface area is 151 Å². The van der Waals surface area contributed by atoms with Crippen LogP contribution in [0, 0.1) is 0 Å². The molecule has 0 spiro atoms. The summed E-state index contributed by atoms with van der Waals surface area (Å²) < 4.78 is 0. The van der Waals surface area contributed by atoms with Crippen molar-refractivity contribution in [2.75, 3.05) is 46.3 Å². The van der Waals surface area contributed by atoms with Crippen LogP contribution in [0.5, 0.6) is 0 Å². The highest BCUT2D eigenvalue weighted by Crippen LogP contribution is 2.12. The standard InChI is InChI=1S/C16H23N5O3S/c1-18-10-15(23)21(16(18)24)4-2-3-14(22)20-7-5-19(6-8-20)9-13-11-25-12-17-13/h11-12H,2-10H2,1H3. The molecule has 2 saturated heterocycles. The van der Waals surface area contributed by atoms with Gasteiger partial charge in [-0.1, -0.05) is 0 Å². The normalized spacial score (nSPS) is 19.2. The first-order valence-electron chi connectivity index (χ1n) is 8.47. The monoisotopic (exact) mass is 365 g/mol. The minimum absolute atomic E-state index is 0.0979. The van der Waals surface area contributed by atoms with Crippen LogP contribution in [0.1, 0.15) is 18.5 Å². The van der Waals surface area contributed by atoms with E-state index in [0.717, 1.165) is 25.3 Å². The van der Waals surface area contributed by atoms with Gasteiger partial charge in [-0.2, -0.15) is 0 Å². The average molecular weight is 365 g/mol. The minimum atomic E-state index is -0.270. The smallest absolute Gasteiger partial charge is 0.326 e.